The topological polar surface area (TPSA) is 66.4 Å². The average Bonchev–Trinajstić information content (AvgIpc) is 2.38. The Kier molecular flexibility index (Phi) is 4.53. The van der Waals surface area contributed by atoms with Crippen molar-refractivity contribution in [2.75, 3.05) is 18.1 Å². The van der Waals surface area contributed by atoms with Gasteiger partial charge in [-0.1, -0.05) is 12.1 Å². The zero-order valence-electron chi connectivity index (χ0n) is 10.0. The summed E-state index contributed by atoms with van der Waals surface area (Å²) < 4.78 is 26.6. The predicted octanol–water partition coefficient (Wildman–Crippen LogP) is 1.81. The normalized spacial score (nSPS) is 17.8. The maximum atomic E-state index is 12.0. The summed E-state index contributed by atoms with van der Waals surface area (Å²) in [6.07, 6.45) is 2.10. The van der Waals surface area contributed by atoms with Gasteiger partial charge in [-0.05, 0) is 42.4 Å². The zero-order chi connectivity index (χ0) is 13.0. The largest absolute Gasteiger partial charge is 0.507 e. The average molecular weight is 287 g/mol. The van der Waals surface area contributed by atoms with Crippen molar-refractivity contribution in [3.05, 3.63) is 24.3 Å². The van der Waals surface area contributed by atoms with Crippen molar-refractivity contribution in [1.29, 1.82) is 0 Å². The maximum absolute atomic E-state index is 12.0. The number of nitrogens with one attached hydrogen (secondary N) is 1. The SMILES string of the molecule is O=S(=O)(NCC1CCSCC1)c1ccccc1O. The molecule has 0 aromatic heterocycles. The van der Waals surface area contributed by atoms with Crippen LogP contribution in [0.2, 0.25) is 0 Å². The van der Waals surface area contributed by atoms with Crippen LogP contribution in [0.1, 0.15) is 12.8 Å². The fourth-order valence-corrected chi connectivity index (χ4v) is 4.36. The number of para-hydroxylation sites is 1. The lowest BCUT2D eigenvalue weighted by Crippen LogP contribution is -2.31. The number of aromatic hydroxyl groups is 1. The molecule has 0 aliphatic carbocycles. The van der Waals surface area contributed by atoms with Gasteiger partial charge in [-0.15, -0.1) is 0 Å². The molecular weight excluding hydrogens is 270 g/mol. The molecule has 1 aromatic carbocycles. The molecule has 0 radical (unpaired) electrons. The van der Waals surface area contributed by atoms with E-state index in [1.54, 1.807) is 12.1 Å². The number of benzene rings is 1. The van der Waals surface area contributed by atoms with Gasteiger partial charge in [0.1, 0.15) is 10.6 Å². The van der Waals surface area contributed by atoms with Gasteiger partial charge in [-0.3, -0.25) is 0 Å². The van der Waals surface area contributed by atoms with E-state index in [-0.39, 0.29) is 10.6 Å². The Balaban J connectivity index is 2.01. The van der Waals surface area contributed by atoms with E-state index in [9.17, 15) is 13.5 Å². The van der Waals surface area contributed by atoms with E-state index in [0.717, 1.165) is 24.3 Å². The first-order valence-corrected chi connectivity index (χ1v) is 8.59. The number of sulfonamides is 1. The molecule has 0 bridgehead atoms. The van der Waals surface area contributed by atoms with Crippen molar-refractivity contribution in [1.82, 2.24) is 4.72 Å². The molecule has 6 heteroatoms. The Hall–Kier alpha value is -0.720. The third kappa shape index (κ3) is 3.40. The van der Waals surface area contributed by atoms with E-state index < -0.39 is 10.0 Å². The minimum absolute atomic E-state index is 0.0461. The zero-order valence-corrected chi connectivity index (χ0v) is 11.6. The smallest absolute Gasteiger partial charge is 0.244 e. The molecule has 1 heterocycles. The van der Waals surface area contributed by atoms with E-state index in [0.29, 0.717) is 12.5 Å². The van der Waals surface area contributed by atoms with Crippen LogP contribution in [-0.4, -0.2) is 31.6 Å². The molecular formula is C12H17NO3S2. The van der Waals surface area contributed by atoms with Crippen molar-refractivity contribution < 1.29 is 13.5 Å². The minimum Gasteiger partial charge on any atom is -0.507 e. The second kappa shape index (κ2) is 5.95. The van der Waals surface area contributed by atoms with Crippen molar-refractivity contribution in [3.8, 4) is 5.75 Å². The van der Waals surface area contributed by atoms with Crippen LogP contribution in [-0.2, 0) is 10.0 Å². The molecule has 2 N–H and O–H groups in total. The maximum Gasteiger partial charge on any atom is 0.244 e. The monoisotopic (exact) mass is 287 g/mol. The summed E-state index contributed by atoms with van der Waals surface area (Å²) in [5.41, 5.74) is 0. The van der Waals surface area contributed by atoms with E-state index in [2.05, 4.69) is 4.72 Å². The Morgan fingerprint density at radius 1 is 1.28 bits per heavy atom. The Labute approximate surface area is 112 Å². The lowest BCUT2D eigenvalue weighted by molar-refractivity contribution is 0.453. The van der Waals surface area contributed by atoms with Gasteiger partial charge in [0.15, 0.2) is 0 Å². The van der Waals surface area contributed by atoms with Gasteiger partial charge in [-0.25, -0.2) is 13.1 Å². The van der Waals surface area contributed by atoms with Gasteiger partial charge in [-0.2, -0.15) is 11.8 Å². The lowest BCUT2D eigenvalue weighted by atomic mass is 10.0. The fourth-order valence-electron chi connectivity index (χ4n) is 1.94. The van der Waals surface area contributed by atoms with Crippen LogP contribution in [0.5, 0.6) is 5.75 Å². The summed E-state index contributed by atoms with van der Waals surface area (Å²) in [4.78, 5) is -0.0461. The summed E-state index contributed by atoms with van der Waals surface area (Å²) in [6, 6.07) is 6.00. The van der Waals surface area contributed by atoms with Gasteiger partial charge in [0.25, 0.3) is 0 Å². The number of phenols is 1. The van der Waals surface area contributed by atoms with Gasteiger partial charge < -0.3 is 5.11 Å². The Morgan fingerprint density at radius 2 is 1.94 bits per heavy atom. The van der Waals surface area contributed by atoms with E-state index >= 15 is 0 Å². The lowest BCUT2D eigenvalue weighted by Gasteiger charge is -2.21. The summed E-state index contributed by atoms with van der Waals surface area (Å²) in [6.45, 7) is 0.456. The molecule has 4 nitrogen and oxygen atoms in total. The first kappa shape index (κ1) is 13.7. The summed E-state index contributed by atoms with van der Waals surface area (Å²) in [5, 5.41) is 9.56. The molecule has 2 rings (SSSR count). The van der Waals surface area contributed by atoms with E-state index in [1.807, 2.05) is 11.8 Å². The molecule has 0 spiro atoms. The molecule has 0 saturated carbocycles. The van der Waals surface area contributed by atoms with Crippen LogP contribution >= 0.6 is 11.8 Å². The highest BCUT2D eigenvalue weighted by Crippen LogP contribution is 2.24. The third-order valence-corrected chi connectivity index (χ3v) is 5.58. The molecule has 1 fully saturated rings. The number of hydrogen-bond acceptors (Lipinski definition) is 4. The minimum atomic E-state index is -3.60. The van der Waals surface area contributed by atoms with Crippen LogP contribution in [0.3, 0.4) is 0 Å². The Morgan fingerprint density at radius 3 is 2.61 bits per heavy atom. The summed E-state index contributed by atoms with van der Waals surface area (Å²) in [5.74, 6) is 2.41. The number of rotatable bonds is 4. The van der Waals surface area contributed by atoms with Crippen molar-refractivity contribution in [3.63, 3.8) is 0 Å². The number of hydrogen-bond donors (Lipinski definition) is 2. The van der Waals surface area contributed by atoms with Crippen LogP contribution in [0, 0.1) is 5.92 Å². The van der Waals surface area contributed by atoms with Gasteiger partial charge in [0, 0.05) is 6.54 Å². The fraction of sp³-hybridized carbons (Fsp3) is 0.500. The van der Waals surface area contributed by atoms with Crippen LogP contribution in [0.4, 0.5) is 0 Å². The highest BCUT2D eigenvalue weighted by molar-refractivity contribution is 7.99. The first-order chi connectivity index (χ1) is 8.59. The molecule has 100 valence electrons. The molecule has 1 aliphatic heterocycles. The number of phenolic OH excluding ortho intramolecular Hbond substituents is 1. The van der Waals surface area contributed by atoms with Crippen LogP contribution in [0.25, 0.3) is 0 Å². The Bertz CT molecular complexity index is 496. The summed E-state index contributed by atoms with van der Waals surface area (Å²) >= 11 is 1.91. The second-order valence-corrected chi connectivity index (χ2v) is 7.34. The van der Waals surface area contributed by atoms with Gasteiger partial charge in [0.2, 0.25) is 10.0 Å². The molecule has 18 heavy (non-hydrogen) atoms. The van der Waals surface area contributed by atoms with E-state index in [4.69, 9.17) is 0 Å². The predicted molar refractivity (Wildman–Crippen MR) is 73.3 cm³/mol. The van der Waals surface area contributed by atoms with Gasteiger partial charge >= 0.3 is 0 Å². The van der Waals surface area contributed by atoms with Crippen molar-refractivity contribution >= 4 is 21.8 Å². The van der Waals surface area contributed by atoms with Crippen LogP contribution < -0.4 is 4.72 Å². The number of thioether (sulfide) groups is 1. The quantitative estimate of drug-likeness (QED) is 0.886. The highest BCUT2D eigenvalue weighted by atomic mass is 32.2. The van der Waals surface area contributed by atoms with Crippen LogP contribution in [0.15, 0.2) is 29.2 Å². The molecule has 1 aliphatic rings. The molecule has 1 aromatic rings. The standard InChI is InChI=1S/C12H17NO3S2/c14-11-3-1-2-4-12(11)18(15,16)13-9-10-5-7-17-8-6-10/h1-4,10,13-14H,5-9H2. The second-order valence-electron chi connectivity index (χ2n) is 4.38. The third-order valence-electron chi connectivity index (χ3n) is 3.06. The van der Waals surface area contributed by atoms with E-state index in [1.165, 1.54) is 12.1 Å². The molecule has 0 atom stereocenters. The molecule has 0 unspecified atom stereocenters. The highest BCUT2D eigenvalue weighted by Gasteiger charge is 2.20. The van der Waals surface area contributed by atoms with Gasteiger partial charge in [0.05, 0.1) is 0 Å². The van der Waals surface area contributed by atoms with Crippen molar-refractivity contribution in [2.45, 2.75) is 17.7 Å². The first-order valence-electron chi connectivity index (χ1n) is 5.95. The summed E-state index contributed by atoms with van der Waals surface area (Å²) in [7, 11) is -3.60. The molecule has 1 saturated heterocycles. The van der Waals surface area contributed by atoms with Crippen molar-refractivity contribution in [2.24, 2.45) is 5.92 Å². The molecule has 0 amide bonds.